The molecule has 94 valence electrons. The summed E-state index contributed by atoms with van der Waals surface area (Å²) in [6.07, 6.45) is 3.20. The van der Waals surface area contributed by atoms with Gasteiger partial charge in [-0.25, -0.2) is 0 Å². The molecule has 0 aliphatic carbocycles. The van der Waals surface area contributed by atoms with Crippen LogP contribution in [0.15, 0.2) is 30.3 Å². The highest BCUT2D eigenvalue weighted by Crippen LogP contribution is 2.23. The highest BCUT2D eigenvalue weighted by Gasteiger charge is 2.22. The van der Waals surface area contributed by atoms with Crippen molar-refractivity contribution in [2.24, 2.45) is 11.8 Å². The Morgan fingerprint density at radius 1 is 1.29 bits per heavy atom. The van der Waals surface area contributed by atoms with Gasteiger partial charge in [-0.3, -0.25) is 5.41 Å². The maximum Gasteiger partial charge on any atom is 0.183 e. The van der Waals surface area contributed by atoms with Crippen LogP contribution in [-0.2, 0) is 11.2 Å². The van der Waals surface area contributed by atoms with Crippen LogP contribution in [0.1, 0.15) is 32.3 Å². The maximum absolute atomic E-state index is 7.93. The zero-order valence-electron chi connectivity index (χ0n) is 11.1. The molecule has 0 radical (unpaired) electrons. The van der Waals surface area contributed by atoms with E-state index in [0.29, 0.717) is 11.8 Å². The molecule has 0 aromatic heterocycles. The highest BCUT2D eigenvalue weighted by atomic mass is 16.5. The molecule has 2 atom stereocenters. The summed E-state index contributed by atoms with van der Waals surface area (Å²) in [7, 11) is 1.60. The van der Waals surface area contributed by atoms with Gasteiger partial charge < -0.3 is 4.74 Å². The predicted molar refractivity (Wildman–Crippen MR) is 72.4 cm³/mol. The first-order valence-corrected chi connectivity index (χ1v) is 6.35. The third kappa shape index (κ3) is 4.22. The summed E-state index contributed by atoms with van der Waals surface area (Å²) in [5, 5.41) is 7.93. The first-order valence-electron chi connectivity index (χ1n) is 6.35. The topological polar surface area (TPSA) is 33.1 Å². The van der Waals surface area contributed by atoms with E-state index in [4.69, 9.17) is 10.1 Å². The number of ether oxygens (including phenoxy) is 1. The van der Waals surface area contributed by atoms with E-state index >= 15 is 0 Å². The summed E-state index contributed by atoms with van der Waals surface area (Å²) in [6, 6.07) is 10.4. The molecule has 2 heteroatoms. The van der Waals surface area contributed by atoms with Crippen LogP contribution < -0.4 is 0 Å². The highest BCUT2D eigenvalue weighted by molar-refractivity contribution is 5.76. The van der Waals surface area contributed by atoms with E-state index in [9.17, 15) is 0 Å². The van der Waals surface area contributed by atoms with Gasteiger partial charge in [0.15, 0.2) is 5.90 Å². The Labute approximate surface area is 105 Å². The van der Waals surface area contributed by atoms with Crippen molar-refractivity contribution < 1.29 is 4.74 Å². The summed E-state index contributed by atoms with van der Waals surface area (Å²) in [4.78, 5) is 0. The number of nitrogens with one attached hydrogen (secondary N) is 1. The smallest absolute Gasteiger partial charge is 0.183 e. The lowest BCUT2D eigenvalue weighted by Gasteiger charge is -2.23. The van der Waals surface area contributed by atoms with Crippen LogP contribution in [0.2, 0.25) is 0 Å². The van der Waals surface area contributed by atoms with E-state index in [1.54, 1.807) is 7.11 Å². The standard InChI is InChI=1S/C15H23NO/c1-4-8-12(2)14(15(16)17-3)11-13-9-6-5-7-10-13/h5-7,9-10,12,14,16H,4,8,11H2,1-3H3. The quantitative estimate of drug-likeness (QED) is 0.586. The van der Waals surface area contributed by atoms with Crippen molar-refractivity contribution in [3.63, 3.8) is 0 Å². The van der Waals surface area contributed by atoms with Gasteiger partial charge in [0.1, 0.15) is 0 Å². The first kappa shape index (κ1) is 13.8. The van der Waals surface area contributed by atoms with Crippen LogP contribution in [0.4, 0.5) is 0 Å². The van der Waals surface area contributed by atoms with Crippen LogP contribution in [-0.4, -0.2) is 13.0 Å². The fourth-order valence-electron chi connectivity index (χ4n) is 2.23. The zero-order valence-corrected chi connectivity index (χ0v) is 11.1. The summed E-state index contributed by atoms with van der Waals surface area (Å²) < 4.78 is 5.14. The molecule has 0 aliphatic rings. The third-order valence-corrected chi connectivity index (χ3v) is 3.29. The summed E-state index contributed by atoms with van der Waals surface area (Å²) in [5.41, 5.74) is 1.28. The monoisotopic (exact) mass is 233 g/mol. The molecule has 0 spiro atoms. The molecule has 0 aliphatic heterocycles. The number of benzene rings is 1. The SMILES string of the molecule is CCCC(C)C(Cc1ccccc1)C(=N)OC. The van der Waals surface area contributed by atoms with E-state index < -0.39 is 0 Å². The van der Waals surface area contributed by atoms with Gasteiger partial charge in [-0.1, -0.05) is 57.0 Å². The molecule has 1 rings (SSSR count). The van der Waals surface area contributed by atoms with Gasteiger partial charge >= 0.3 is 0 Å². The van der Waals surface area contributed by atoms with E-state index in [1.165, 1.54) is 5.56 Å². The maximum atomic E-state index is 7.93. The number of hydrogen-bond donors (Lipinski definition) is 1. The summed E-state index contributed by atoms with van der Waals surface area (Å²) in [6.45, 7) is 4.40. The molecule has 0 saturated heterocycles. The molecule has 17 heavy (non-hydrogen) atoms. The molecular weight excluding hydrogens is 210 g/mol. The van der Waals surface area contributed by atoms with Crippen LogP contribution in [0.5, 0.6) is 0 Å². The summed E-state index contributed by atoms with van der Waals surface area (Å²) in [5.74, 6) is 1.10. The van der Waals surface area contributed by atoms with Crippen molar-refractivity contribution in [2.75, 3.05) is 7.11 Å². The second kappa shape index (κ2) is 7.10. The lowest BCUT2D eigenvalue weighted by atomic mass is 9.85. The molecule has 0 saturated carbocycles. The fraction of sp³-hybridized carbons (Fsp3) is 0.533. The van der Waals surface area contributed by atoms with E-state index in [0.717, 1.165) is 19.3 Å². The van der Waals surface area contributed by atoms with E-state index in [2.05, 4.69) is 26.0 Å². The van der Waals surface area contributed by atoms with Crippen molar-refractivity contribution in [1.29, 1.82) is 5.41 Å². The largest absolute Gasteiger partial charge is 0.484 e. The van der Waals surface area contributed by atoms with Crippen molar-refractivity contribution in [3.8, 4) is 0 Å². The van der Waals surface area contributed by atoms with Crippen molar-refractivity contribution in [1.82, 2.24) is 0 Å². The molecule has 1 N–H and O–H groups in total. The average Bonchev–Trinajstić information content (AvgIpc) is 2.36. The predicted octanol–water partition coefficient (Wildman–Crippen LogP) is 3.91. The van der Waals surface area contributed by atoms with Gasteiger partial charge in [0.25, 0.3) is 0 Å². The van der Waals surface area contributed by atoms with Gasteiger partial charge in [0.2, 0.25) is 0 Å². The summed E-state index contributed by atoms with van der Waals surface area (Å²) >= 11 is 0. The Bertz CT molecular complexity index is 334. The van der Waals surface area contributed by atoms with E-state index in [1.807, 2.05) is 18.2 Å². The Morgan fingerprint density at radius 2 is 1.94 bits per heavy atom. The molecule has 2 unspecified atom stereocenters. The second-order valence-corrected chi connectivity index (χ2v) is 4.63. The first-order chi connectivity index (χ1) is 8.19. The zero-order chi connectivity index (χ0) is 12.7. The average molecular weight is 233 g/mol. The molecular formula is C15H23NO. The molecule has 1 aromatic carbocycles. The minimum Gasteiger partial charge on any atom is -0.484 e. The van der Waals surface area contributed by atoms with E-state index in [-0.39, 0.29) is 5.92 Å². The molecule has 0 fully saturated rings. The lowest BCUT2D eigenvalue weighted by Crippen LogP contribution is -2.25. The van der Waals surface area contributed by atoms with Crippen LogP contribution in [0.25, 0.3) is 0 Å². The van der Waals surface area contributed by atoms with Gasteiger partial charge in [-0.2, -0.15) is 0 Å². The van der Waals surface area contributed by atoms with Crippen molar-refractivity contribution >= 4 is 5.90 Å². The molecule has 0 amide bonds. The Morgan fingerprint density at radius 3 is 2.47 bits per heavy atom. The number of hydrogen-bond acceptors (Lipinski definition) is 2. The van der Waals surface area contributed by atoms with Crippen molar-refractivity contribution in [2.45, 2.75) is 33.1 Å². The van der Waals surface area contributed by atoms with Crippen LogP contribution >= 0.6 is 0 Å². The Hall–Kier alpha value is -1.31. The van der Waals surface area contributed by atoms with Crippen molar-refractivity contribution in [3.05, 3.63) is 35.9 Å². The Balaban J connectivity index is 2.73. The number of methoxy groups -OCH3 is 1. The van der Waals surface area contributed by atoms with Gasteiger partial charge in [0.05, 0.1) is 7.11 Å². The normalized spacial score (nSPS) is 14.1. The van der Waals surface area contributed by atoms with Gasteiger partial charge in [0, 0.05) is 5.92 Å². The molecule has 0 bridgehead atoms. The van der Waals surface area contributed by atoms with Gasteiger partial charge in [-0.05, 0) is 17.9 Å². The van der Waals surface area contributed by atoms with Crippen LogP contribution in [0.3, 0.4) is 0 Å². The Kier molecular flexibility index (Phi) is 5.75. The minimum atomic E-state index is 0.197. The molecule has 1 aromatic rings. The third-order valence-electron chi connectivity index (χ3n) is 3.29. The minimum absolute atomic E-state index is 0.197. The van der Waals surface area contributed by atoms with Gasteiger partial charge in [-0.15, -0.1) is 0 Å². The fourth-order valence-corrected chi connectivity index (χ4v) is 2.23. The van der Waals surface area contributed by atoms with Crippen LogP contribution in [0, 0.1) is 17.2 Å². The lowest BCUT2D eigenvalue weighted by molar-refractivity contribution is 0.311. The second-order valence-electron chi connectivity index (χ2n) is 4.63. The molecule has 0 heterocycles. The number of rotatable bonds is 6. The molecule has 2 nitrogen and oxygen atoms in total.